The molecule has 3 nitrogen and oxygen atoms in total. The summed E-state index contributed by atoms with van der Waals surface area (Å²) in [6, 6.07) is 6.46. The van der Waals surface area contributed by atoms with Gasteiger partial charge in [-0.15, -0.1) is 0 Å². The van der Waals surface area contributed by atoms with Gasteiger partial charge in [-0.25, -0.2) is 0 Å². The molecule has 0 amide bonds. The van der Waals surface area contributed by atoms with E-state index >= 15 is 0 Å². The van der Waals surface area contributed by atoms with Crippen LogP contribution in [0.15, 0.2) is 18.2 Å². The smallest absolute Gasteiger partial charge is 0.123 e. The van der Waals surface area contributed by atoms with Gasteiger partial charge in [0.25, 0.3) is 0 Å². The minimum Gasteiger partial charge on any atom is -0.488 e. The highest BCUT2D eigenvalue weighted by molar-refractivity contribution is 5.40. The average molecular weight is 260 g/mol. The number of ether oxygens (including phenoxy) is 1. The van der Waals surface area contributed by atoms with Crippen molar-refractivity contribution in [3.63, 3.8) is 0 Å². The highest BCUT2D eigenvalue weighted by Crippen LogP contribution is 2.32. The Kier molecular flexibility index (Phi) is 3.06. The molecule has 0 spiro atoms. The van der Waals surface area contributed by atoms with E-state index in [2.05, 4.69) is 43.9 Å². The van der Waals surface area contributed by atoms with Crippen molar-refractivity contribution in [2.45, 2.75) is 38.8 Å². The first-order valence-electron chi connectivity index (χ1n) is 7.24. The average Bonchev–Trinajstić information content (AvgIpc) is 2.67. The summed E-state index contributed by atoms with van der Waals surface area (Å²) in [5, 5.41) is 0. The molecule has 0 bridgehead atoms. The first-order valence-corrected chi connectivity index (χ1v) is 7.24. The number of fused-ring (bicyclic) bond motifs is 1. The van der Waals surface area contributed by atoms with Crippen LogP contribution in [0.3, 0.4) is 0 Å². The second-order valence-electron chi connectivity index (χ2n) is 6.61. The summed E-state index contributed by atoms with van der Waals surface area (Å²) >= 11 is 0. The van der Waals surface area contributed by atoms with E-state index in [1.165, 1.54) is 11.1 Å². The normalized spacial score (nSPS) is 25.0. The van der Waals surface area contributed by atoms with Gasteiger partial charge in [-0.1, -0.05) is 31.5 Å². The molecule has 1 atom stereocenters. The number of rotatable bonds is 3. The van der Waals surface area contributed by atoms with Crippen molar-refractivity contribution in [2.75, 3.05) is 19.6 Å². The van der Waals surface area contributed by atoms with E-state index in [0.29, 0.717) is 12.0 Å². The number of benzene rings is 1. The molecule has 0 saturated carbocycles. The highest BCUT2D eigenvalue weighted by Gasteiger charge is 2.43. The van der Waals surface area contributed by atoms with Crippen LogP contribution in [0, 0.1) is 12.8 Å². The predicted octanol–water partition coefficient (Wildman–Crippen LogP) is 1.97. The maximum atomic E-state index is 6.33. The van der Waals surface area contributed by atoms with Crippen LogP contribution in [0.4, 0.5) is 0 Å². The van der Waals surface area contributed by atoms with E-state index in [1.807, 2.05) is 0 Å². The molecule has 0 aliphatic carbocycles. The minimum absolute atomic E-state index is 0.0159. The van der Waals surface area contributed by atoms with Crippen LogP contribution < -0.4 is 10.5 Å². The number of likely N-dealkylation sites (tertiary alicyclic amines) is 1. The van der Waals surface area contributed by atoms with Crippen molar-refractivity contribution in [1.29, 1.82) is 0 Å². The maximum absolute atomic E-state index is 6.33. The van der Waals surface area contributed by atoms with Crippen molar-refractivity contribution in [3.05, 3.63) is 29.3 Å². The van der Waals surface area contributed by atoms with E-state index in [1.54, 1.807) is 0 Å². The summed E-state index contributed by atoms with van der Waals surface area (Å²) in [7, 11) is 0. The molecule has 19 heavy (non-hydrogen) atoms. The second kappa shape index (κ2) is 4.50. The molecule has 0 radical (unpaired) electrons. The zero-order valence-electron chi connectivity index (χ0n) is 12.1. The fraction of sp³-hybridized carbons (Fsp3) is 0.625. The molecule has 0 aromatic heterocycles. The van der Waals surface area contributed by atoms with Gasteiger partial charge in [-0.3, -0.25) is 4.90 Å². The summed E-state index contributed by atoms with van der Waals surface area (Å²) in [6.45, 7) is 9.55. The van der Waals surface area contributed by atoms with Crippen LogP contribution in [0.2, 0.25) is 0 Å². The van der Waals surface area contributed by atoms with E-state index in [-0.39, 0.29) is 5.54 Å². The highest BCUT2D eigenvalue weighted by atomic mass is 16.5. The molecule has 1 fully saturated rings. The maximum Gasteiger partial charge on any atom is 0.123 e. The van der Waals surface area contributed by atoms with Crippen molar-refractivity contribution >= 4 is 0 Å². The minimum atomic E-state index is 0.0159. The molecular weight excluding hydrogens is 236 g/mol. The van der Waals surface area contributed by atoms with Crippen molar-refractivity contribution in [1.82, 2.24) is 4.90 Å². The van der Waals surface area contributed by atoms with Crippen molar-refractivity contribution in [3.8, 4) is 5.75 Å². The monoisotopic (exact) mass is 260 g/mol. The van der Waals surface area contributed by atoms with Gasteiger partial charge in [-0.05, 0) is 24.5 Å². The Morgan fingerprint density at radius 2 is 2.16 bits per heavy atom. The number of hydrogen-bond acceptors (Lipinski definition) is 3. The van der Waals surface area contributed by atoms with Gasteiger partial charge in [-0.2, -0.15) is 0 Å². The Morgan fingerprint density at radius 1 is 1.42 bits per heavy atom. The van der Waals surface area contributed by atoms with Crippen LogP contribution in [0.5, 0.6) is 5.75 Å². The van der Waals surface area contributed by atoms with Crippen molar-refractivity contribution in [2.24, 2.45) is 11.7 Å². The van der Waals surface area contributed by atoms with Crippen molar-refractivity contribution < 1.29 is 4.74 Å². The van der Waals surface area contributed by atoms with E-state index in [9.17, 15) is 0 Å². The number of nitrogens with zero attached hydrogens (tertiary/aromatic N) is 1. The van der Waals surface area contributed by atoms with Gasteiger partial charge in [0.15, 0.2) is 0 Å². The number of hydrogen-bond donors (Lipinski definition) is 1. The van der Waals surface area contributed by atoms with Crippen LogP contribution >= 0.6 is 0 Å². The summed E-state index contributed by atoms with van der Waals surface area (Å²) in [4.78, 5) is 2.42. The lowest BCUT2D eigenvalue weighted by molar-refractivity contribution is 0.0125. The topological polar surface area (TPSA) is 38.5 Å². The van der Waals surface area contributed by atoms with E-state index in [4.69, 9.17) is 10.5 Å². The molecule has 2 heterocycles. The number of aryl methyl sites for hydroxylation is 1. The number of nitrogens with two attached hydrogens (primary N) is 1. The summed E-state index contributed by atoms with van der Waals surface area (Å²) in [5.74, 6) is 1.62. The van der Waals surface area contributed by atoms with Crippen LogP contribution in [0.1, 0.15) is 25.0 Å². The first-order chi connectivity index (χ1) is 8.96. The lowest BCUT2D eigenvalue weighted by atomic mass is 9.80. The Balaban J connectivity index is 1.55. The summed E-state index contributed by atoms with van der Waals surface area (Å²) in [6.07, 6.45) is 1.33. The summed E-state index contributed by atoms with van der Waals surface area (Å²) in [5.41, 5.74) is 9.02. The Labute approximate surface area is 115 Å². The lowest BCUT2D eigenvalue weighted by Gasteiger charge is -2.51. The fourth-order valence-corrected chi connectivity index (χ4v) is 3.12. The first kappa shape index (κ1) is 12.9. The molecule has 2 N–H and O–H groups in total. The Hall–Kier alpha value is -1.06. The summed E-state index contributed by atoms with van der Waals surface area (Å²) < 4.78 is 6.01. The molecule has 3 rings (SSSR count). The van der Waals surface area contributed by atoms with E-state index in [0.717, 1.165) is 31.8 Å². The molecule has 2 aliphatic rings. The quantitative estimate of drug-likeness (QED) is 0.903. The third kappa shape index (κ3) is 2.37. The Morgan fingerprint density at radius 3 is 2.84 bits per heavy atom. The molecular formula is C16H24N2O. The van der Waals surface area contributed by atoms with Gasteiger partial charge < -0.3 is 10.5 Å². The van der Waals surface area contributed by atoms with E-state index < -0.39 is 0 Å². The van der Waals surface area contributed by atoms with Gasteiger partial charge in [0.2, 0.25) is 0 Å². The zero-order valence-corrected chi connectivity index (χ0v) is 12.1. The molecule has 1 saturated heterocycles. The Bertz CT molecular complexity index is 478. The second-order valence-corrected chi connectivity index (χ2v) is 6.61. The van der Waals surface area contributed by atoms with Crippen LogP contribution in [-0.4, -0.2) is 36.2 Å². The standard InChI is InChI=1S/C16H24N2O/c1-11(2)16(17)9-18(10-16)8-14-7-13-6-12(3)4-5-15(13)19-14/h4-6,11,14H,7-10,17H2,1-3H3. The van der Waals surface area contributed by atoms with Crippen LogP contribution in [0.25, 0.3) is 0 Å². The van der Waals surface area contributed by atoms with Crippen LogP contribution in [-0.2, 0) is 6.42 Å². The third-order valence-corrected chi connectivity index (χ3v) is 4.60. The SMILES string of the molecule is Cc1ccc2c(c1)CC(CN1CC(N)(C(C)C)C1)O2. The molecule has 1 unspecified atom stereocenters. The van der Waals surface area contributed by atoms with Gasteiger partial charge >= 0.3 is 0 Å². The molecule has 1 aromatic carbocycles. The molecule has 2 aliphatic heterocycles. The fourth-order valence-electron chi connectivity index (χ4n) is 3.12. The largest absolute Gasteiger partial charge is 0.488 e. The molecule has 104 valence electrons. The molecule has 1 aromatic rings. The lowest BCUT2D eigenvalue weighted by Crippen LogP contribution is -2.70. The third-order valence-electron chi connectivity index (χ3n) is 4.60. The predicted molar refractivity (Wildman–Crippen MR) is 77.5 cm³/mol. The van der Waals surface area contributed by atoms with Gasteiger partial charge in [0, 0.05) is 31.6 Å². The zero-order chi connectivity index (χ0) is 13.6. The molecule has 3 heteroatoms. The van der Waals surface area contributed by atoms with Gasteiger partial charge in [0.1, 0.15) is 11.9 Å². The van der Waals surface area contributed by atoms with Gasteiger partial charge in [0.05, 0.1) is 0 Å².